The number of alkyl halides is 2. The second-order valence-electron chi connectivity index (χ2n) is 3.18. The fourth-order valence-corrected chi connectivity index (χ4v) is 1.74. The highest BCUT2D eigenvalue weighted by atomic mass is 79.9. The molecule has 0 heterocycles. The van der Waals surface area contributed by atoms with Crippen LogP contribution in [0.2, 0.25) is 5.02 Å². The lowest BCUT2D eigenvalue weighted by molar-refractivity contribution is 0.0620. The third kappa shape index (κ3) is 3.15. The summed E-state index contributed by atoms with van der Waals surface area (Å²) in [5.41, 5.74) is 0.208. The van der Waals surface area contributed by atoms with Crippen LogP contribution in [0.15, 0.2) is 22.7 Å². The summed E-state index contributed by atoms with van der Waals surface area (Å²) < 4.78 is 24.8. The van der Waals surface area contributed by atoms with E-state index >= 15 is 0 Å². The fourth-order valence-electron chi connectivity index (χ4n) is 1.16. The third-order valence-corrected chi connectivity index (χ3v) is 3.24. The largest absolute Gasteiger partial charge is 0.336 e. The van der Waals surface area contributed by atoms with E-state index in [0.717, 1.165) is 4.90 Å². The van der Waals surface area contributed by atoms with Gasteiger partial charge in [-0.1, -0.05) is 17.7 Å². The molecular weight excluding hydrogens is 303 g/mol. The zero-order valence-electron chi connectivity index (χ0n) is 8.38. The minimum Gasteiger partial charge on any atom is -0.336 e. The van der Waals surface area contributed by atoms with Crippen LogP contribution in [0.5, 0.6) is 0 Å². The smallest absolute Gasteiger partial charge is 0.255 e. The van der Waals surface area contributed by atoms with Gasteiger partial charge in [-0.05, 0) is 28.1 Å². The average molecular weight is 313 g/mol. The normalized spacial score (nSPS) is 10.6. The van der Waals surface area contributed by atoms with Crippen molar-refractivity contribution in [3.63, 3.8) is 0 Å². The molecule has 0 aliphatic rings. The predicted octanol–water partition coefficient (Wildman–Crippen LogP) is 3.44. The molecule has 0 unspecified atom stereocenters. The van der Waals surface area contributed by atoms with E-state index in [1.807, 2.05) is 0 Å². The highest BCUT2D eigenvalue weighted by Gasteiger charge is 2.18. The standard InChI is InChI=1S/C10H9BrClF2NO/c1-15(5-8(13)14)10(16)6-3-2-4-7(11)9(6)12/h2-4,8H,5H2,1H3. The molecule has 0 saturated carbocycles. The molecule has 16 heavy (non-hydrogen) atoms. The second kappa shape index (κ2) is 5.59. The average Bonchev–Trinajstić information content (AvgIpc) is 2.20. The van der Waals surface area contributed by atoms with Crippen LogP contribution in [0.1, 0.15) is 10.4 Å². The lowest BCUT2D eigenvalue weighted by Gasteiger charge is -2.17. The molecule has 0 fully saturated rings. The van der Waals surface area contributed by atoms with Gasteiger partial charge in [0.1, 0.15) is 0 Å². The highest BCUT2D eigenvalue weighted by Crippen LogP contribution is 2.26. The van der Waals surface area contributed by atoms with Crippen molar-refractivity contribution in [2.24, 2.45) is 0 Å². The van der Waals surface area contributed by atoms with Crippen LogP contribution in [0.4, 0.5) is 8.78 Å². The molecule has 0 atom stereocenters. The molecule has 0 aromatic heterocycles. The summed E-state index contributed by atoms with van der Waals surface area (Å²) in [6, 6.07) is 4.79. The van der Waals surface area contributed by atoms with Gasteiger partial charge in [-0.25, -0.2) is 8.78 Å². The molecule has 0 aliphatic heterocycles. The zero-order valence-corrected chi connectivity index (χ0v) is 10.7. The summed E-state index contributed by atoms with van der Waals surface area (Å²) in [5.74, 6) is -0.522. The van der Waals surface area contributed by atoms with Gasteiger partial charge in [0.15, 0.2) is 0 Å². The van der Waals surface area contributed by atoms with Crippen molar-refractivity contribution in [3.05, 3.63) is 33.3 Å². The van der Waals surface area contributed by atoms with Crippen molar-refractivity contribution in [1.82, 2.24) is 4.90 Å². The molecule has 0 bridgehead atoms. The van der Waals surface area contributed by atoms with Crippen molar-refractivity contribution in [1.29, 1.82) is 0 Å². The lowest BCUT2D eigenvalue weighted by atomic mass is 10.2. The maximum atomic E-state index is 12.1. The zero-order chi connectivity index (χ0) is 12.3. The Morgan fingerprint density at radius 1 is 1.56 bits per heavy atom. The van der Waals surface area contributed by atoms with Crippen LogP contribution in [-0.4, -0.2) is 30.8 Å². The summed E-state index contributed by atoms with van der Waals surface area (Å²) in [6.07, 6.45) is -2.56. The molecule has 0 radical (unpaired) electrons. The molecule has 0 spiro atoms. The summed E-state index contributed by atoms with van der Waals surface area (Å²) in [6.45, 7) is -0.609. The molecule has 1 aromatic rings. The van der Waals surface area contributed by atoms with Gasteiger partial charge in [0.05, 0.1) is 17.1 Å². The lowest BCUT2D eigenvalue weighted by Crippen LogP contribution is -2.31. The fraction of sp³-hybridized carbons (Fsp3) is 0.300. The first-order chi connectivity index (χ1) is 7.43. The predicted molar refractivity (Wildman–Crippen MR) is 62.1 cm³/mol. The monoisotopic (exact) mass is 311 g/mol. The van der Waals surface area contributed by atoms with E-state index in [0.29, 0.717) is 4.47 Å². The first-order valence-electron chi connectivity index (χ1n) is 4.41. The van der Waals surface area contributed by atoms with E-state index in [1.54, 1.807) is 12.1 Å². The van der Waals surface area contributed by atoms with Gasteiger partial charge in [-0.2, -0.15) is 0 Å². The van der Waals surface area contributed by atoms with Gasteiger partial charge < -0.3 is 4.90 Å². The van der Waals surface area contributed by atoms with E-state index in [1.165, 1.54) is 13.1 Å². The van der Waals surface area contributed by atoms with Crippen molar-refractivity contribution in [2.45, 2.75) is 6.43 Å². The molecule has 6 heteroatoms. The molecule has 0 saturated heterocycles. The highest BCUT2D eigenvalue weighted by molar-refractivity contribution is 9.10. The van der Waals surface area contributed by atoms with Crippen LogP contribution in [0, 0.1) is 0 Å². The van der Waals surface area contributed by atoms with Gasteiger partial charge in [0.25, 0.3) is 12.3 Å². The topological polar surface area (TPSA) is 20.3 Å². The first kappa shape index (κ1) is 13.4. The Bertz CT molecular complexity index is 400. The second-order valence-corrected chi connectivity index (χ2v) is 4.41. The number of hydrogen-bond donors (Lipinski definition) is 0. The molecule has 1 aromatic carbocycles. The number of amides is 1. The Hall–Kier alpha value is -0.680. The molecule has 88 valence electrons. The Morgan fingerprint density at radius 2 is 2.19 bits per heavy atom. The number of halogens is 4. The SMILES string of the molecule is CN(CC(F)F)C(=O)c1cccc(Br)c1Cl. The Kier molecular flexibility index (Phi) is 4.68. The van der Waals surface area contributed by atoms with Gasteiger partial charge >= 0.3 is 0 Å². The number of nitrogens with zero attached hydrogens (tertiary/aromatic N) is 1. The van der Waals surface area contributed by atoms with E-state index in [4.69, 9.17) is 11.6 Å². The van der Waals surface area contributed by atoms with Gasteiger partial charge in [-0.15, -0.1) is 0 Å². The first-order valence-corrected chi connectivity index (χ1v) is 5.58. The van der Waals surface area contributed by atoms with Crippen LogP contribution in [0.25, 0.3) is 0 Å². The van der Waals surface area contributed by atoms with Gasteiger partial charge in [0.2, 0.25) is 0 Å². The van der Waals surface area contributed by atoms with Crippen molar-refractivity contribution in [2.75, 3.05) is 13.6 Å². The molecule has 0 N–H and O–H groups in total. The van der Waals surface area contributed by atoms with Crippen LogP contribution >= 0.6 is 27.5 Å². The van der Waals surface area contributed by atoms with Gasteiger partial charge in [-0.3, -0.25) is 4.79 Å². The van der Waals surface area contributed by atoms with E-state index in [-0.39, 0.29) is 10.6 Å². The quantitative estimate of drug-likeness (QED) is 0.837. The Labute approximate surface area is 105 Å². The number of carbonyl (C=O) groups is 1. The minimum atomic E-state index is -2.56. The van der Waals surface area contributed by atoms with Crippen LogP contribution in [-0.2, 0) is 0 Å². The van der Waals surface area contributed by atoms with E-state index < -0.39 is 18.9 Å². The molecule has 1 rings (SSSR count). The summed E-state index contributed by atoms with van der Waals surface area (Å²) >= 11 is 9.05. The van der Waals surface area contributed by atoms with Crippen LogP contribution in [0.3, 0.4) is 0 Å². The molecule has 0 aliphatic carbocycles. The number of rotatable bonds is 3. The van der Waals surface area contributed by atoms with Crippen molar-refractivity contribution >= 4 is 33.4 Å². The summed E-state index contributed by atoms with van der Waals surface area (Å²) in [4.78, 5) is 12.7. The maximum absolute atomic E-state index is 12.1. The maximum Gasteiger partial charge on any atom is 0.255 e. The van der Waals surface area contributed by atoms with Crippen molar-refractivity contribution < 1.29 is 13.6 Å². The number of hydrogen-bond acceptors (Lipinski definition) is 1. The Morgan fingerprint density at radius 3 is 2.75 bits per heavy atom. The van der Waals surface area contributed by atoms with Crippen molar-refractivity contribution in [3.8, 4) is 0 Å². The van der Waals surface area contributed by atoms with Gasteiger partial charge in [0, 0.05) is 11.5 Å². The molecular formula is C10H9BrClF2NO. The summed E-state index contributed by atoms with van der Waals surface area (Å²) in [5, 5.41) is 0.230. The number of benzene rings is 1. The number of carbonyl (C=O) groups excluding carboxylic acids is 1. The third-order valence-electron chi connectivity index (χ3n) is 1.94. The Balaban J connectivity index is 2.92. The molecule has 2 nitrogen and oxygen atoms in total. The minimum absolute atomic E-state index is 0.208. The van der Waals surface area contributed by atoms with E-state index in [2.05, 4.69) is 15.9 Å². The summed E-state index contributed by atoms with van der Waals surface area (Å²) in [7, 11) is 1.31. The van der Waals surface area contributed by atoms with E-state index in [9.17, 15) is 13.6 Å². The molecule has 1 amide bonds. The van der Waals surface area contributed by atoms with Crippen LogP contribution < -0.4 is 0 Å².